The molecule has 0 aliphatic carbocycles. The second kappa shape index (κ2) is 7.37. The highest BCUT2D eigenvalue weighted by atomic mass is 16.5. The summed E-state index contributed by atoms with van der Waals surface area (Å²) in [5.74, 6) is 1.18. The largest absolute Gasteiger partial charge is 0.438 e. The van der Waals surface area contributed by atoms with Gasteiger partial charge in [0.15, 0.2) is 0 Å². The van der Waals surface area contributed by atoms with Crippen LogP contribution in [0.5, 0.6) is 11.6 Å². The van der Waals surface area contributed by atoms with E-state index < -0.39 is 0 Å². The lowest BCUT2D eigenvalue weighted by atomic mass is 10.2. The van der Waals surface area contributed by atoms with Gasteiger partial charge < -0.3 is 15.2 Å². The third kappa shape index (κ3) is 4.27. The average molecular weight is 311 g/mol. The lowest BCUT2D eigenvalue weighted by molar-refractivity contribution is 0.269. The number of nitrogens with one attached hydrogen (secondary N) is 1. The van der Waals surface area contributed by atoms with Crippen LogP contribution in [0.15, 0.2) is 55.2 Å². The zero-order valence-electron chi connectivity index (χ0n) is 12.5. The fourth-order valence-electron chi connectivity index (χ4n) is 2.02. The highest BCUT2D eigenvalue weighted by Gasteiger charge is 2.01. The van der Waals surface area contributed by atoms with Crippen LogP contribution < -0.4 is 10.1 Å². The molecule has 0 spiro atoms. The molecule has 118 valence electrons. The number of rotatable bonds is 7. The molecule has 0 radical (unpaired) electrons. The van der Waals surface area contributed by atoms with E-state index in [9.17, 15) is 0 Å². The minimum atomic E-state index is 0.0778. The van der Waals surface area contributed by atoms with Gasteiger partial charge >= 0.3 is 0 Å². The van der Waals surface area contributed by atoms with Crippen molar-refractivity contribution in [3.63, 3.8) is 0 Å². The topological polar surface area (TPSA) is 85.1 Å². The Kier molecular flexibility index (Phi) is 4.80. The Labute approximate surface area is 133 Å². The minimum absolute atomic E-state index is 0.0778. The molecule has 2 heterocycles. The van der Waals surface area contributed by atoms with Gasteiger partial charge in [0.25, 0.3) is 0 Å². The maximum atomic E-state index is 8.87. The first kappa shape index (κ1) is 15.0. The van der Waals surface area contributed by atoms with Gasteiger partial charge in [0, 0.05) is 25.1 Å². The van der Waals surface area contributed by atoms with Gasteiger partial charge in [0.1, 0.15) is 5.75 Å². The lowest BCUT2D eigenvalue weighted by Crippen LogP contribution is -2.02. The summed E-state index contributed by atoms with van der Waals surface area (Å²) in [6.07, 6.45) is 8.36. The van der Waals surface area contributed by atoms with Crippen molar-refractivity contribution in [3.05, 3.63) is 60.8 Å². The van der Waals surface area contributed by atoms with Crippen molar-refractivity contribution >= 4 is 5.69 Å². The van der Waals surface area contributed by atoms with Gasteiger partial charge in [-0.1, -0.05) is 12.1 Å². The second-order valence-corrected chi connectivity index (χ2v) is 4.86. The molecule has 1 aromatic carbocycles. The standard InChI is InChI=1S/C16H17N5O2/c22-8-7-21-12-14(10-20-21)19-9-13-1-3-15(4-2-13)23-16-11-17-5-6-18-16/h1-6,10-12,19,22H,7-9H2. The molecule has 0 amide bonds. The molecule has 3 aromatic rings. The summed E-state index contributed by atoms with van der Waals surface area (Å²) < 4.78 is 7.29. The summed E-state index contributed by atoms with van der Waals surface area (Å²) in [4.78, 5) is 8.02. The van der Waals surface area contributed by atoms with Gasteiger partial charge in [-0.3, -0.25) is 9.67 Å². The summed E-state index contributed by atoms with van der Waals surface area (Å²) in [6.45, 7) is 1.25. The number of benzene rings is 1. The number of nitrogens with zero attached hydrogens (tertiary/aromatic N) is 4. The second-order valence-electron chi connectivity index (χ2n) is 4.86. The molecule has 0 saturated carbocycles. The molecule has 0 fully saturated rings. The Morgan fingerprint density at radius 3 is 2.74 bits per heavy atom. The van der Waals surface area contributed by atoms with E-state index in [0.29, 0.717) is 24.7 Å². The molecule has 0 aliphatic rings. The van der Waals surface area contributed by atoms with E-state index in [4.69, 9.17) is 9.84 Å². The van der Waals surface area contributed by atoms with Crippen LogP contribution in [0.3, 0.4) is 0 Å². The molecule has 0 unspecified atom stereocenters. The Balaban J connectivity index is 1.54. The summed E-state index contributed by atoms with van der Waals surface area (Å²) in [6, 6.07) is 7.75. The van der Waals surface area contributed by atoms with Crippen LogP contribution in [0, 0.1) is 0 Å². The van der Waals surface area contributed by atoms with Crippen molar-refractivity contribution in [1.82, 2.24) is 19.7 Å². The number of aromatic nitrogens is 4. The van der Waals surface area contributed by atoms with Crippen LogP contribution in [0.25, 0.3) is 0 Å². The van der Waals surface area contributed by atoms with Crippen LogP contribution in [0.4, 0.5) is 5.69 Å². The van der Waals surface area contributed by atoms with Crippen LogP contribution in [0.2, 0.25) is 0 Å². The molecule has 3 rings (SSSR count). The quantitative estimate of drug-likeness (QED) is 0.695. The number of hydrogen-bond donors (Lipinski definition) is 2. The lowest BCUT2D eigenvalue weighted by Gasteiger charge is -2.06. The maximum Gasteiger partial charge on any atom is 0.237 e. The van der Waals surface area contributed by atoms with Gasteiger partial charge in [-0.15, -0.1) is 0 Å². The molecular weight excluding hydrogens is 294 g/mol. The predicted octanol–water partition coefficient (Wildman–Crippen LogP) is 2.07. The molecule has 7 nitrogen and oxygen atoms in total. The Morgan fingerprint density at radius 1 is 1.13 bits per heavy atom. The van der Waals surface area contributed by atoms with E-state index in [1.54, 1.807) is 29.5 Å². The molecule has 2 aromatic heterocycles. The highest BCUT2D eigenvalue weighted by Crippen LogP contribution is 2.19. The first-order chi connectivity index (χ1) is 11.3. The first-order valence-electron chi connectivity index (χ1n) is 7.23. The molecule has 23 heavy (non-hydrogen) atoms. The van der Waals surface area contributed by atoms with Crippen molar-refractivity contribution in [3.8, 4) is 11.6 Å². The van der Waals surface area contributed by atoms with E-state index in [-0.39, 0.29) is 6.61 Å². The summed E-state index contributed by atoms with van der Waals surface area (Å²) in [5.41, 5.74) is 2.03. The van der Waals surface area contributed by atoms with Crippen LogP contribution >= 0.6 is 0 Å². The highest BCUT2D eigenvalue weighted by molar-refractivity contribution is 5.40. The number of aliphatic hydroxyl groups excluding tert-OH is 1. The van der Waals surface area contributed by atoms with Gasteiger partial charge in [-0.05, 0) is 17.7 Å². The zero-order valence-corrected chi connectivity index (χ0v) is 12.5. The Morgan fingerprint density at radius 2 is 2.00 bits per heavy atom. The van der Waals surface area contributed by atoms with E-state index in [1.165, 1.54) is 0 Å². The molecule has 0 aliphatic heterocycles. The van der Waals surface area contributed by atoms with Crippen LogP contribution in [-0.4, -0.2) is 31.5 Å². The molecule has 7 heteroatoms. The SMILES string of the molecule is OCCn1cc(NCc2ccc(Oc3cnccn3)cc2)cn1. The third-order valence-corrected chi connectivity index (χ3v) is 3.14. The molecule has 0 saturated heterocycles. The summed E-state index contributed by atoms with van der Waals surface area (Å²) in [5, 5.41) is 16.3. The monoisotopic (exact) mass is 311 g/mol. The maximum absolute atomic E-state index is 8.87. The van der Waals surface area contributed by atoms with Crippen LogP contribution in [0.1, 0.15) is 5.56 Å². The van der Waals surface area contributed by atoms with E-state index in [2.05, 4.69) is 20.4 Å². The van der Waals surface area contributed by atoms with Crippen molar-refractivity contribution in [2.45, 2.75) is 13.1 Å². The third-order valence-electron chi connectivity index (χ3n) is 3.14. The first-order valence-corrected chi connectivity index (χ1v) is 7.23. The predicted molar refractivity (Wildman–Crippen MR) is 85.2 cm³/mol. The van der Waals surface area contributed by atoms with Crippen molar-refractivity contribution < 1.29 is 9.84 Å². The fourth-order valence-corrected chi connectivity index (χ4v) is 2.02. The van der Waals surface area contributed by atoms with E-state index in [0.717, 1.165) is 11.3 Å². The molecular formula is C16H17N5O2. The minimum Gasteiger partial charge on any atom is -0.438 e. The Bertz CT molecular complexity index is 728. The molecule has 0 atom stereocenters. The van der Waals surface area contributed by atoms with Gasteiger partial charge in [-0.25, -0.2) is 4.98 Å². The molecule has 2 N–H and O–H groups in total. The summed E-state index contributed by atoms with van der Waals surface area (Å²) >= 11 is 0. The zero-order chi connectivity index (χ0) is 15.9. The van der Waals surface area contributed by atoms with E-state index >= 15 is 0 Å². The van der Waals surface area contributed by atoms with Crippen molar-refractivity contribution in [1.29, 1.82) is 0 Å². The van der Waals surface area contributed by atoms with Gasteiger partial charge in [-0.2, -0.15) is 5.10 Å². The van der Waals surface area contributed by atoms with Crippen LogP contribution in [-0.2, 0) is 13.1 Å². The number of anilines is 1. The van der Waals surface area contributed by atoms with Crippen molar-refractivity contribution in [2.75, 3.05) is 11.9 Å². The van der Waals surface area contributed by atoms with Gasteiger partial charge in [0.05, 0.1) is 31.2 Å². The summed E-state index contributed by atoms with van der Waals surface area (Å²) in [7, 11) is 0. The molecule has 0 bridgehead atoms. The number of ether oxygens (including phenoxy) is 1. The number of hydrogen-bond acceptors (Lipinski definition) is 6. The fraction of sp³-hybridized carbons (Fsp3) is 0.188. The average Bonchev–Trinajstić information content (AvgIpc) is 3.03. The van der Waals surface area contributed by atoms with Crippen molar-refractivity contribution in [2.24, 2.45) is 0 Å². The smallest absolute Gasteiger partial charge is 0.237 e. The number of aliphatic hydroxyl groups is 1. The van der Waals surface area contributed by atoms with E-state index in [1.807, 2.05) is 30.5 Å². The van der Waals surface area contributed by atoms with Gasteiger partial charge in [0.2, 0.25) is 5.88 Å². The normalized spacial score (nSPS) is 10.5. The Hall–Kier alpha value is -2.93.